The minimum absolute atomic E-state index is 0.0844. The predicted octanol–water partition coefficient (Wildman–Crippen LogP) is 3.17. The predicted molar refractivity (Wildman–Crippen MR) is 100 cm³/mol. The number of carbonyl (C=O) groups is 1. The normalized spacial score (nSPS) is 15.1. The average Bonchev–Trinajstić information content (AvgIpc) is 2.64. The number of nitro benzene ring substituents is 1. The lowest BCUT2D eigenvalue weighted by atomic mass is 10.0. The summed E-state index contributed by atoms with van der Waals surface area (Å²) >= 11 is 0. The second-order valence-corrected chi connectivity index (χ2v) is 6.74. The van der Waals surface area contributed by atoms with Gasteiger partial charge in [0.05, 0.1) is 4.92 Å². The molecule has 1 saturated heterocycles. The Morgan fingerprint density at radius 1 is 1.08 bits per heavy atom. The van der Waals surface area contributed by atoms with E-state index in [0.717, 1.165) is 35.3 Å². The van der Waals surface area contributed by atoms with Gasteiger partial charge in [-0.3, -0.25) is 19.8 Å². The molecule has 26 heavy (non-hydrogen) atoms. The summed E-state index contributed by atoms with van der Waals surface area (Å²) in [5, 5.41) is 10.9. The minimum Gasteiger partial charge on any atom is -0.336 e. The number of amides is 1. The molecule has 1 fully saturated rings. The zero-order chi connectivity index (χ0) is 18.7. The zero-order valence-corrected chi connectivity index (χ0v) is 15.1. The molecule has 6 heteroatoms. The van der Waals surface area contributed by atoms with Crippen molar-refractivity contribution in [2.75, 3.05) is 26.2 Å². The molecule has 2 aromatic carbocycles. The molecule has 0 atom stereocenters. The molecule has 0 saturated carbocycles. The van der Waals surface area contributed by atoms with Crippen molar-refractivity contribution in [1.29, 1.82) is 0 Å². The summed E-state index contributed by atoms with van der Waals surface area (Å²) < 4.78 is 0. The molecule has 0 spiro atoms. The van der Waals surface area contributed by atoms with Gasteiger partial charge >= 0.3 is 0 Å². The van der Waals surface area contributed by atoms with E-state index in [0.29, 0.717) is 19.6 Å². The SMILES string of the molecule is Cc1cccc(C(=O)N2CCN(Cc3cccc([N+](=O)[O-])c3)CC2)c1C. The van der Waals surface area contributed by atoms with Crippen molar-refractivity contribution < 1.29 is 9.72 Å². The molecule has 1 amide bonds. The fourth-order valence-electron chi connectivity index (χ4n) is 3.29. The molecule has 0 aliphatic carbocycles. The van der Waals surface area contributed by atoms with E-state index in [1.807, 2.05) is 43.0 Å². The molecule has 1 heterocycles. The molecule has 0 N–H and O–H groups in total. The summed E-state index contributed by atoms with van der Waals surface area (Å²) in [4.78, 5) is 27.4. The highest BCUT2D eigenvalue weighted by atomic mass is 16.6. The largest absolute Gasteiger partial charge is 0.336 e. The summed E-state index contributed by atoms with van der Waals surface area (Å²) in [6, 6.07) is 12.6. The smallest absolute Gasteiger partial charge is 0.269 e. The Morgan fingerprint density at radius 2 is 1.77 bits per heavy atom. The molecule has 3 rings (SSSR count). The molecule has 6 nitrogen and oxygen atoms in total. The van der Waals surface area contributed by atoms with E-state index in [9.17, 15) is 14.9 Å². The Hall–Kier alpha value is -2.73. The van der Waals surface area contributed by atoms with Crippen molar-refractivity contribution in [3.05, 3.63) is 74.8 Å². The Labute approximate surface area is 153 Å². The summed E-state index contributed by atoms with van der Waals surface area (Å²) in [5.41, 5.74) is 3.98. The van der Waals surface area contributed by atoms with Crippen LogP contribution in [0.15, 0.2) is 42.5 Å². The van der Waals surface area contributed by atoms with Crippen LogP contribution in [-0.2, 0) is 6.54 Å². The van der Waals surface area contributed by atoms with E-state index in [4.69, 9.17) is 0 Å². The Morgan fingerprint density at radius 3 is 2.46 bits per heavy atom. The zero-order valence-electron chi connectivity index (χ0n) is 15.1. The second-order valence-electron chi connectivity index (χ2n) is 6.74. The highest BCUT2D eigenvalue weighted by Gasteiger charge is 2.23. The Balaban J connectivity index is 1.61. The number of piperazine rings is 1. The van der Waals surface area contributed by atoms with Crippen LogP contribution >= 0.6 is 0 Å². The Bertz CT molecular complexity index is 827. The maximum atomic E-state index is 12.8. The average molecular weight is 353 g/mol. The van der Waals surface area contributed by atoms with Crippen molar-refractivity contribution in [3.63, 3.8) is 0 Å². The van der Waals surface area contributed by atoms with Crippen LogP contribution in [0.4, 0.5) is 5.69 Å². The number of nitrogens with zero attached hydrogens (tertiary/aromatic N) is 3. The van der Waals surface area contributed by atoms with Gasteiger partial charge in [0, 0.05) is 50.4 Å². The monoisotopic (exact) mass is 353 g/mol. The van der Waals surface area contributed by atoms with E-state index in [-0.39, 0.29) is 16.5 Å². The fraction of sp³-hybridized carbons (Fsp3) is 0.350. The summed E-state index contributed by atoms with van der Waals surface area (Å²) in [5.74, 6) is 0.0844. The van der Waals surface area contributed by atoms with Crippen LogP contribution in [0.25, 0.3) is 0 Å². The summed E-state index contributed by atoms with van der Waals surface area (Å²) in [6.45, 7) is 7.53. The van der Waals surface area contributed by atoms with E-state index in [2.05, 4.69) is 4.90 Å². The van der Waals surface area contributed by atoms with Crippen molar-refractivity contribution in [3.8, 4) is 0 Å². The van der Waals surface area contributed by atoms with E-state index in [1.165, 1.54) is 6.07 Å². The molecule has 1 aliphatic heterocycles. The van der Waals surface area contributed by atoms with Crippen molar-refractivity contribution in [1.82, 2.24) is 9.80 Å². The lowest BCUT2D eigenvalue weighted by Crippen LogP contribution is -2.48. The molecule has 0 unspecified atom stereocenters. The number of carbonyl (C=O) groups excluding carboxylic acids is 1. The summed E-state index contributed by atoms with van der Waals surface area (Å²) in [6.07, 6.45) is 0. The third-order valence-electron chi connectivity index (χ3n) is 5.02. The van der Waals surface area contributed by atoms with Crippen molar-refractivity contribution in [2.45, 2.75) is 20.4 Å². The first-order chi connectivity index (χ1) is 12.5. The standard InChI is InChI=1S/C20H23N3O3/c1-15-5-3-8-19(16(15)2)20(24)22-11-9-21(10-12-22)14-17-6-4-7-18(13-17)23(25)26/h3-8,13H,9-12,14H2,1-2H3. The van der Waals surface area contributed by atoms with Crippen LogP contribution in [0.3, 0.4) is 0 Å². The van der Waals surface area contributed by atoms with Gasteiger partial charge in [-0.25, -0.2) is 0 Å². The van der Waals surface area contributed by atoms with Gasteiger partial charge in [-0.05, 0) is 36.6 Å². The number of aryl methyl sites for hydroxylation is 1. The van der Waals surface area contributed by atoms with Gasteiger partial charge in [-0.15, -0.1) is 0 Å². The maximum absolute atomic E-state index is 12.8. The van der Waals surface area contributed by atoms with Crippen LogP contribution in [0.1, 0.15) is 27.0 Å². The third-order valence-corrected chi connectivity index (χ3v) is 5.02. The lowest BCUT2D eigenvalue weighted by molar-refractivity contribution is -0.384. The van der Waals surface area contributed by atoms with Gasteiger partial charge in [-0.2, -0.15) is 0 Å². The molecular weight excluding hydrogens is 330 g/mol. The van der Waals surface area contributed by atoms with Gasteiger partial charge < -0.3 is 4.90 Å². The molecule has 1 aliphatic rings. The maximum Gasteiger partial charge on any atom is 0.269 e. The molecule has 0 radical (unpaired) electrons. The number of non-ortho nitro benzene ring substituents is 1. The van der Waals surface area contributed by atoms with Crippen LogP contribution in [0.5, 0.6) is 0 Å². The van der Waals surface area contributed by atoms with Gasteiger partial charge in [0.15, 0.2) is 0 Å². The van der Waals surface area contributed by atoms with Crippen LogP contribution < -0.4 is 0 Å². The number of rotatable bonds is 4. The number of nitro groups is 1. The quantitative estimate of drug-likeness (QED) is 0.625. The highest BCUT2D eigenvalue weighted by Crippen LogP contribution is 2.18. The first kappa shape index (κ1) is 18.1. The van der Waals surface area contributed by atoms with Gasteiger partial charge in [-0.1, -0.05) is 24.3 Å². The van der Waals surface area contributed by atoms with Gasteiger partial charge in [0.2, 0.25) is 0 Å². The topological polar surface area (TPSA) is 66.7 Å². The number of benzene rings is 2. The second kappa shape index (κ2) is 7.66. The molecule has 136 valence electrons. The van der Waals surface area contributed by atoms with Crippen molar-refractivity contribution >= 4 is 11.6 Å². The van der Waals surface area contributed by atoms with Gasteiger partial charge in [0.1, 0.15) is 0 Å². The van der Waals surface area contributed by atoms with E-state index in [1.54, 1.807) is 12.1 Å². The van der Waals surface area contributed by atoms with Crippen molar-refractivity contribution in [2.24, 2.45) is 0 Å². The first-order valence-corrected chi connectivity index (χ1v) is 8.77. The van der Waals surface area contributed by atoms with E-state index >= 15 is 0 Å². The number of hydrogen-bond acceptors (Lipinski definition) is 4. The molecule has 2 aromatic rings. The molecular formula is C20H23N3O3. The molecule has 0 bridgehead atoms. The fourth-order valence-corrected chi connectivity index (χ4v) is 3.29. The Kier molecular flexibility index (Phi) is 5.32. The van der Waals surface area contributed by atoms with Gasteiger partial charge in [0.25, 0.3) is 11.6 Å². The molecule has 0 aromatic heterocycles. The highest BCUT2D eigenvalue weighted by molar-refractivity contribution is 5.96. The van der Waals surface area contributed by atoms with Crippen LogP contribution in [0, 0.1) is 24.0 Å². The van der Waals surface area contributed by atoms with Crippen LogP contribution in [0.2, 0.25) is 0 Å². The van der Waals surface area contributed by atoms with Crippen LogP contribution in [-0.4, -0.2) is 46.8 Å². The lowest BCUT2D eigenvalue weighted by Gasteiger charge is -2.35. The number of hydrogen-bond donors (Lipinski definition) is 0. The summed E-state index contributed by atoms with van der Waals surface area (Å²) in [7, 11) is 0. The third kappa shape index (κ3) is 3.91. The first-order valence-electron chi connectivity index (χ1n) is 8.77. The van der Waals surface area contributed by atoms with E-state index < -0.39 is 0 Å². The minimum atomic E-state index is -0.371.